The van der Waals surface area contributed by atoms with Crippen molar-refractivity contribution in [2.75, 3.05) is 32.6 Å². The number of likely N-dealkylation sites (tertiary alicyclic amines) is 1. The first kappa shape index (κ1) is 24.9. The van der Waals surface area contributed by atoms with Gasteiger partial charge in [-0.1, -0.05) is 12.8 Å². The molecular weight excluding hydrogens is 474 g/mol. The molecule has 3 aromatic rings. The summed E-state index contributed by atoms with van der Waals surface area (Å²) in [5.74, 6) is 0.593. The number of methoxy groups -OCH3 is 1. The Morgan fingerprint density at radius 2 is 1.78 bits per heavy atom. The molecule has 3 heterocycles. The molecule has 0 unspecified atom stereocenters. The van der Waals surface area contributed by atoms with E-state index >= 15 is 0 Å². The van der Waals surface area contributed by atoms with Gasteiger partial charge in [0, 0.05) is 24.7 Å². The molecule has 2 N–H and O–H groups in total. The summed E-state index contributed by atoms with van der Waals surface area (Å²) in [5, 5.41) is 6.27. The van der Waals surface area contributed by atoms with Crippen LogP contribution in [0.15, 0.2) is 34.0 Å². The quantitative estimate of drug-likeness (QED) is 0.487. The SMILES string of the molecule is COc1cc(C(=O)NC2CCN(C)CC2)ccc1Nc1ncc2c(n1)n(C1CCCC1)c(=O)c(=O)n2C. The Kier molecular flexibility index (Phi) is 6.96. The zero-order valence-electron chi connectivity index (χ0n) is 21.5. The number of benzene rings is 1. The Hall–Kier alpha value is -3.73. The van der Waals surface area contributed by atoms with Gasteiger partial charge >= 0.3 is 11.1 Å². The average Bonchev–Trinajstić information content (AvgIpc) is 3.43. The van der Waals surface area contributed by atoms with E-state index < -0.39 is 11.1 Å². The highest BCUT2D eigenvalue weighted by Gasteiger charge is 2.24. The van der Waals surface area contributed by atoms with Gasteiger partial charge in [-0.15, -0.1) is 0 Å². The van der Waals surface area contributed by atoms with Gasteiger partial charge in [-0.25, -0.2) is 4.98 Å². The first-order valence-corrected chi connectivity index (χ1v) is 12.8. The summed E-state index contributed by atoms with van der Waals surface area (Å²) in [7, 11) is 5.18. The van der Waals surface area contributed by atoms with Gasteiger partial charge < -0.3 is 24.8 Å². The predicted octanol–water partition coefficient (Wildman–Crippen LogP) is 2.18. The van der Waals surface area contributed by atoms with Crippen molar-refractivity contribution >= 4 is 28.7 Å². The van der Waals surface area contributed by atoms with Crippen LogP contribution in [0.2, 0.25) is 0 Å². The largest absolute Gasteiger partial charge is 0.495 e. The number of hydrogen-bond acceptors (Lipinski definition) is 8. The van der Waals surface area contributed by atoms with E-state index in [9.17, 15) is 14.4 Å². The van der Waals surface area contributed by atoms with Gasteiger partial charge in [-0.3, -0.25) is 19.0 Å². The lowest BCUT2D eigenvalue weighted by atomic mass is 10.0. The molecule has 1 saturated heterocycles. The molecule has 0 atom stereocenters. The van der Waals surface area contributed by atoms with Crippen LogP contribution in [-0.2, 0) is 7.05 Å². The van der Waals surface area contributed by atoms with E-state index in [4.69, 9.17) is 4.74 Å². The van der Waals surface area contributed by atoms with E-state index in [0.29, 0.717) is 28.2 Å². The molecule has 2 aliphatic rings. The topological polar surface area (TPSA) is 123 Å². The van der Waals surface area contributed by atoms with Gasteiger partial charge in [-0.05, 0) is 64.0 Å². The maximum atomic E-state index is 12.9. The number of carbonyl (C=O) groups excluding carboxylic acids is 1. The summed E-state index contributed by atoms with van der Waals surface area (Å²) in [6.07, 6.45) is 7.10. The molecule has 0 bridgehead atoms. The molecule has 1 saturated carbocycles. The Bertz CT molecular complexity index is 1430. The standard InChI is InChI=1S/C26H33N7O4/c1-31-12-10-17(11-13-31)28-23(34)16-8-9-19(21(14-16)37-3)29-26-27-15-20-22(30-26)33(18-6-4-5-7-18)25(36)24(35)32(20)2/h8-9,14-15,17-18H,4-7,10-13H2,1-3H3,(H,28,34)(H,27,29,30). The van der Waals surface area contributed by atoms with Crippen molar-refractivity contribution < 1.29 is 9.53 Å². The Morgan fingerprint density at radius 3 is 2.49 bits per heavy atom. The Balaban J connectivity index is 1.42. The lowest BCUT2D eigenvalue weighted by Gasteiger charge is -2.29. The van der Waals surface area contributed by atoms with E-state index in [2.05, 4.69) is 32.5 Å². The molecule has 1 aliphatic heterocycles. The minimum atomic E-state index is -0.584. The van der Waals surface area contributed by atoms with Crippen molar-refractivity contribution in [3.8, 4) is 5.75 Å². The fraction of sp³-hybridized carbons (Fsp3) is 0.500. The third-order valence-corrected chi connectivity index (χ3v) is 7.50. The number of nitrogens with zero attached hydrogens (tertiary/aromatic N) is 5. The first-order valence-electron chi connectivity index (χ1n) is 12.8. The lowest BCUT2D eigenvalue weighted by molar-refractivity contribution is 0.0916. The van der Waals surface area contributed by atoms with E-state index in [1.807, 2.05) is 0 Å². The summed E-state index contributed by atoms with van der Waals surface area (Å²) >= 11 is 0. The third-order valence-electron chi connectivity index (χ3n) is 7.50. The number of aryl methyl sites for hydroxylation is 1. The van der Waals surface area contributed by atoms with Gasteiger partial charge in [0.05, 0.1) is 19.0 Å². The Morgan fingerprint density at radius 1 is 1.05 bits per heavy atom. The smallest absolute Gasteiger partial charge is 0.318 e. The zero-order valence-corrected chi connectivity index (χ0v) is 21.5. The van der Waals surface area contributed by atoms with E-state index in [0.717, 1.165) is 51.6 Å². The second-order valence-corrected chi connectivity index (χ2v) is 9.97. The van der Waals surface area contributed by atoms with Gasteiger partial charge in [0.25, 0.3) is 5.91 Å². The highest BCUT2D eigenvalue weighted by atomic mass is 16.5. The van der Waals surface area contributed by atoms with Crippen LogP contribution in [0.3, 0.4) is 0 Å². The van der Waals surface area contributed by atoms with E-state index in [1.165, 1.54) is 16.2 Å². The monoisotopic (exact) mass is 507 g/mol. The number of nitrogens with one attached hydrogen (secondary N) is 2. The number of fused-ring (bicyclic) bond motifs is 1. The minimum Gasteiger partial charge on any atom is -0.495 e. The molecule has 0 spiro atoms. The van der Waals surface area contributed by atoms with Crippen LogP contribution < -0.4 is 26.5 Å². The maximum Gasteiger partial charge on any atom is 0.318 e. The zero-order chi connectivity index (χ0) is 26.1. The number of rotatable bonds is 6. The highest BCUT2D eigenvalue weighted by molar-refractivity contribution is 5.95. The van der Waals surface area contributed by atoms with E-state index in [-0.39, 0.29) is 23.9 Å². The molecule has 1 aliphatic carbocycles. The van der Waals surface area contributed by atoms with Crippen LogP contribution in [-0.4, -0.2) is 63.2 Å². The van der Waals surface area contributed by atoms with Gasteiger partial charge in [0.15, 0.2) is 5.65 Å². The van der Waals surface area contributed by atoms with Crippen molar-refractivity contribution in [3.05, 3.63) is 50.7 Å². The molecule has 11 heteroatoms. The number of ether oxygens (including phenoxy) is 1. The lowest BCUT2D eigenvalue weighted by Crippen LogP contribution is -2.43. The van der Waals surface area contributed by atoms with Gasteiger partial charge in [0.1, 0.15) is 11.3 Å². The Labute approximate surface area is 214 Å². The molecule has 37 heavy (non-hydrogen) atoms. The van der Waals surface area contributed by atoms with Gasteiger partial charge in [0.2, 0.25) is 5.95 Å². The summed E-state index contributed by atoms with van der Waals surface area (Å²) < 4.78 is 8.38. The maximum absolute atomic E-state index is 12.9. The van der Waals surface area contributed by atoms with Crippen molar-refractivity contribution in [1.82, 2.24) is 29.3 Å². The van der Waals surface area contributed by atoms with Crippen LogP contribution >= 0.6 is 0 Å². The summed E-state index contributed by atoms with van der Waals surface area (Å²) in [6.45, 7) is 1.93. The summed E-state index contributed by atoms with van der Waals surface area (Å²) in [4.78, 5) is 49.6. The van der Waals surface area contributed by atoms with Crippen LogP contribution in [0, 0.1) is 0 Å². The number of piperidine rings is 1. The predicted molar refractivity (Wildman–Crippen MR) is 141 cm³/mol. The normalized spacial score (nSPS) is 17.3. The van der Waals surface area contributed by atoms with Crippen molar-refractivity contribution in [2.24, 2.45) is 7.05 Å². The van der Waals surface area contributed by atoms with Crippen LogP contribution in [0.1, 0.15) is 54.9 Å². The molecule has 11 nitrogen and oxygen atoms in total. The second kappa shape index (κ2) is 10.3. The molecular formula is C26H33N7O4. The summed E-state index contributed by atoms with van der Waals surface area (Å²) in [6, 6.07) is 5.27. The van der Waals surface area contributed by atoms with Crippen LogP contribution in [0.5, 0.6) is 5.75 Å². The molecule has 1 amide bonds. The molecule has 0 radical (unpaired) electrons. The summed E-state index contributed by atoms with van der Waals surface area (Å²) in [5.41, 5.74) is 0.853. The fourth-order valence-electron chi connectivity index (χ4n) is 5.27. The van der Waals surface area contributed by atoms with Crippen molar-refractivity contribution in [2.45, 2.75) is 50.6 Å². The number of anilines is 2. The second-order valence-electron chi connectivity index (χ2n) is 9.97. The fourth-order valence-corrected chi connectivity index (χ4v) is 5.27. The molecule has 2 fully saturated rings. The van der Waals surface area contributed by atoms with Crippen LogP contribution in [0.25, 0.3) is 11.2 Å². The van der Waals surface area contributed by atoms with Crippen molar-refractivity contribution in [1.29, 1.82) is 0 Å². The molecule has 196 valence electrons. The third kappa shape index (κ3) is 4.95. The number of carbonyl (C=O) groups is 1. The molecule has 5 rings (SSSR count). The molecule has 1 aromatic carbocycles. The van der Waals surface area contributed by atoms with Crippen molar-refractivity contribution in [3.63, 3.8) is 0 Å². The molecule has 2 aromatic heterocycles. The van der Waals surface area contributed by atoms with E-state index in [1.54, 1.807) is 31.4 Å². The number of aromatic nitrogens is 4. The van der Waals surface area contributed by atoms with Gasteiger partial charge in [-0.2, -0.15) is 4.98 Å². The number of hydrogen-bond donors (Lipinski definition) is 2. The minimum absolute atomic E-state index is 0.0523. The van der Waals surface area contributed by atoms with Crippen LogP contribution in [0.4, 0.5) is 11.6 Å². The highest BCUT2D eigenvalue weighted by Crippen LogP contribution is 2.31. The average molecular weight is 508 g/mol. The first-order chi connectivity index (χ1) is 17.9. The number of amides is 1.